The van der Waals surface area contributed by atoms with E-state index in [4.69, 9.17) is 9.47 Å². The van der Waals surface area contributed by atoms with Gasteiger partial charge in [0.1, 0.15) is 0 Å². The second-order valence-corrected chi connectivity index (χ2v) is 5.58. The summed E-state index contributed by atoms with van der Waals surface area (Å²) in [6.07, 6.45) is 2.38. The van der Waals surface area contributed by atoms with Gasteiger partial charge in [-0.3, -0.25) is 14.9 Å². The monoisotopic (exact) mass is 422 g/mol. The van der Waals surface area contributed by atoms with Crippen molar-refractivity contribution in [2.24, 2.45) is 0 Å². The molecule has 0 saturated carbocycles. The summed E-state index contributed by atoms with van der Waals surface area (Å²) in [5.41, 5.74) is 0.617. The lowest BCUT2D eigenvalue weighted by Gasteiger charge is -2.10. The number of hydrogen-bond donors (Lipinski definition) is 1. The number of non-ortho nitro benzene ring substituents is 1. The first-order chi connectivity index (χ1) is 14.3. The van der Waals surface area contributed by atoms with E-state index in [0.29, 0.717) is 11.3 Å². The Hall–Kier alpha value is -4.02. The standard InChI is InChI=1S/C19H16F2N2O7/c1-28-16-10-12(2-8-15(16)30-19(20)21)3-9-18(25)29-11-17(24)22-13-4-6-14(7-5-13)23(26)27/h2-10,19H,11H2,1H3,(H,22,24)/b9-3-. The largest absolute Gasteiger partial charge is 0.493 e. The first kappa shape index (κ1) is 22.3. The number of alkyl halides is 2. The van der Waals surface area contributed by atoms with E-state index in [0.717, 1.165) is 6.08 Å². The van der Waals surface area contributed by atoms with Gasteiger partial charge in [0.2, 0.25) is 0 Å². The van der Waals surface area contributed by atoms with Crippen LogP contribution in [0.4, 0.5) is 20.2 Å². The maximum absolute atomic E-state index is 12.3. The zero-order valence-electron chi connectivity index (χ0n) is 15.5. The van der Waals surface area contributed by atoms with E-state index < -0.39 is 30.0 Å². The van der Waals surface area contributed by atoms with Crippen molar-refractivity contribution in [2.45, 2.75) is 6.61 Å². The van der Waals surface area contributed by atoms with Crippen LogP contribution in [-0.2, 0) is 14.3 Å². The SMILES string of the molecule is COc1cc(/C=C\C(=O)OCC(=O)Nc2ccc([N+](=O)[O-])cc2)ccc1OC(F)F. The Morgan fingerprint density at radius 2 is 1.87 bits per heavy atom. The molecule has 30 heavy (non-hydrogen) atoms. The van der Waals surface area contributed by atoms with Crippen molar-refractivity contribution >= 4 is 29.3 Å². The number of nitro benzene ring substituents is 1. The molecule has 0 bridgehead atoms. The molecule has 1 N–H and O–H groups in total. The summed E-state index contributed by atoms with van der Waals surface area (Å²) in [4.78, 5) is 33.5. The number of nitrogens with zero attached hydrogens (tertiary/aromatic N) is 1. The van der Waals surface area contributed by atoms with E-state index in [1.54, 1.807) is 0 Å². The molecule has 0 radical (unpaired) electrons. The number of ether oxygens (including phenoxy) is 3. The van der Waals surface area contributed by atoms with Crippen LogP contribution in [-0.4, -0.2) is 37.1 Å². The van der Waals surface area contributed by atoms with Gasteiger partial charge in [-0.05, 0) is 35.9 Å². The second-order valence-electron chi connectivity index (χ2n) is 5.58. The summed E-state index contributed by atoms with van der Waals surface area (Å²) in [6, 6.07) is 9.17. The predicted octanol–water partition coefficient (Wildman–Crippen LogP) is 3.40. The molecule has 0 spiro atoms. The molecular formula is C19H16F2N2O7. The van der Waals surface area contributed by atoms with Gasteiger partial charge in [-0.15, -0.1) is 0 Å². The van der Waals surface area contributed by atoms with E-state index in [2.05, 4.69) is 10.1 Å². The first-order valence-corrected chi connectivity index (χ1v) is 8.30. The van der Waals surface area contributed by atoms with Crippen molar-refractivity contribution < 1.29 is 37.5 Å². The second kappa shape index (κ2) is 10.5. The molecule has 0 aliphatic rings. The molecule has 0 fully saturated rings. The summed E-state index contributed by atoms with van der Waals surface area (Å²) in [6.45, 7) is -3.59. The third-order valence-corrected chi connectivity index (χ3v) is 3.52. The third-order valence-electron chi connectivity index (χ3n) is 3.52. The Morgan fingerprint density at radius 1 is 1.17 bits per heavy atom. The zero-order valence-corrected chi connectivity index (χ0v) is 15.5. The van der Waals surface area contributed by atoms with Crippen molar-refractivity contribution in [1.82, 2.24) is 0 Å². The number of rotatable bonds is 9. The molecule has 9 nitrogen and oxygen atoms in total. The quantitative estimate of drug-likeness (QED) is 0.285. The van der Waals surface area contributed by atoms with Crippen LogP contribution in [0.15, 0.2) is 48.5 Å². The Morgan fingerprint density at radius 3 is 2.47 bits per heavy atom. The lowest BCUT2D eigenvalue weighted by atomic mass is 10.2. The highest BCUT2D eigenvalue weighted by Crippen LogP contribution is 2.29. The number of carbonyl (C=O) groups is 2. The van der Waals surface area contributed by atoms with Gasteiger partial charge in [-0.2, -0.15) is 8.78 Å². The van der Waals surface area contributed by atoms with Gasteiger partial charge in [0, 0.05) is 23.9 Å². The topological polar surface area (TPSA) is 117 Å². The Labute approximate surface area is 169 Å². The predicted molar refractivity (Wildman–Crippen MR) is 101 cm³/mol. The lowest BCUT2D eigenvalue weighted by Crippen LogP contribution is -2.20. The number of amides is 1. The third kappa shape index (κ3) is 6.86. The van der Waals surface area contributed by atoms with Crippen LogP contribution in [0.3, 0.4) is 0 Å². The fraction of sp³-hybridized carbons (Fsp3) is 0.158. The normalized spacial score (nSPS) is 10.7. The highest BCUT2D eigenvalue weighted by atomic mass is 19.3. The molecule has 0 atom stereocenters. The minimum Gasteiger partial charge on any atom is -0.493 e. The minimum absolute atomic E-state index is 0.0493. The minimum atomic E-state index is -3.01. The van der Waals surface area contributed by atoms with E-state index in [1.165, 1.54) is 55.7 Å². The molecule has 11 heteroatoms. The van der Waals surface area contributed by atoms with E-state index in [1.807, 2.05) is 0 Å². The van der Waals surface area contributed by atoms with Crippen molar-refractivity contribution in [3.63, 3.8) is 0 Å². The van der Waals surface area contributed by atoms with E-state index in [-0.39, 0.29) is 17.2 Å². The molecule has 0 aliphatic heterocycles. The van der Waals surface area contributed by atoms with Crippen LogP contribution in [0, 0.1) is 10.1 Å². The molecule has 2 aromatic carbocycles. The molecule has 1 amide bonds. The van der Waals surface area contributed by atoms with Gasteiger partial charge in [0.25, 0.3) is 11.6 Å². The summed E-state index contributed by atoms with van der Waals surface area (Å²) >= 11 is 0. The van der Waals surface area contributed by atoms with Crippen LogP contribution >= 0.6 is 0 Å². The van der Waals surface area contributed by atoms with Crippen LogP contribution in [0.1, 0.15) is 5.56 Å². The summed E-state index contributed by atoms with van der Waals surface area (Å²) in [5, 5.41) is 13.0. The molecule has 0 aliphatic carbocycles. The molecule has 2 rings (SSSR count). The summed E-state index contributed by atoms with van der Waals surface area (Å²) in [7, 11) is 1.28. The van der Waals surface area contributed by atoms with Gasteiger partial charge in [-0.25, -0.2) is 4.79 Å². The fourth-order valence-electron chi connectivity index (χ4n) is 2.19. The van der Waals surface area contributed by atoms with E-state index >= 15 is 0 Å². The number of hydrogen-bond acceptors (Lipinski definition) is 7. The fourth-order valence-corrected chi connectivity index (χ4v) is 2.19. The van der Waals surface area contributed by atoms with Crippen LogP contribution in [0.25, 0.3) is 6.08 Å². The number of carbonyl (C=O) groups excluding carboxylic acids is 2. The average molecular weight is 422 g/mol. The molecule has 0 aromatic heterocycles. The van der Waals surface area contributed by atoms with Crippen molar-refractivity contribution in [1.29, 1.82) is 0 Å². The number of methoxy groups -OCH3 is 1. The van der Waals surface area contributed by atoms with Gasteiger partial charge < -0.3 is 19.5 Å². The van der Waals surface area contributed by atoms with Crippen LogP contribution < -0.4 is 14.8 Å². The summed E-state index contributed by atoms with van der Waals surface area (Å²) < 4.78 is 38.7. The van der Waals surface area contributed by atoms with Crippen molar-refractivity contribution in [3.8, 4) is 11.5 Å². The highest BCUT2D eigenvalue weighted by molar-refractivity contribution is 5.94. The number of nitrogens with one attached hydrogen (secondary N) is 1. The number of esters is 1. The molecule has 0 unspecified atom stereocenters. The number of anilines is 1. The molecule has 2 aromatic rings. The molecule has 0 heterocycles. The molecule has 0 saturated heterocycles. The maximum atomic E-state index is 12.3. The molecular weight excluding hydrogens is 406 g/mol. The number of nitro groups is 1. The first-order valence-electron chi connectivity index (χ1n) is 8.30. The van der Waals surface area contributed by atoms with Gasteiger partial charge >= 0.3 is 12.6 Å². The van der Waals surface area contributed by atoms with Crippen molar-refractivity contribution in [2.75, 3.05) is 19.0 Å². The van der Waals surface area contributed by atoms with Crippen LogP contribution in [0.2, 0.25) is 0 Å². The Balaban J connectivity index is 1.87. The number of halogens is 2. The highest BCUT2D eigenvalue weighted by Gasteiger charge is 2.11. The van der Waals surface area contributed by atoms with Gasteiger partial charge in [0.15, 0.2) is 18.1 Å². The van der Waals surface area contributed by atoms with Gasteiger partial charge in [-0.1, -0.05) is 6.07 Å². The molecule has 158 valence electrons. The van der Waals surface area contributed by atoms with Crippen LogP contribution in [0.5, 0.6) is 11.5 Å². The Kier molecular flexibility index (Phi) is 7.80. The Bertz CT molecular complexity index is 946. The maximum Gasteiger partial charge on any atom is 0.387 e. The van der Waals surface area contributed by atoms with Gasteiger partial charge in [0.05, 0.1) is 12.0 Å². The smallest absolute Gasteiger partial charge is 0.387 e. The lowest BCUT2D eigenvalue weighted by molar-refractivity contribution is -0.384. The summed E-state index contributed by atoms with van der Waals surface area (Å²) in [5.74, 6) is -1.56. The van der Waals surface area contributed by atoms with E-state index in [9.17, 15) is 28.5 Å². The average Bonchev–Trinajstić information content (AvgIpc) is 2.71. The number of benzene rings is 2. The zero-order chi connectivity index (χ0) is 22.1. The van der Waals surface area contributed by atoms with Crippen molar-refractivity contribution in [3.05, 3.63) is 64.2 Å².